The van der Waals surface area contributed by atoms with E-state index in [9.17, 15) is 14.4 Å². The van der Waals surface area contributed by atoms with Crippen LogP contribution >= 0.6 is 0 Å². The first kappa shape index (κ1) is 16.2. The van der Waals surface area contributed by atoms with Crippen LogP contribution in [0, 0.1) is 0 Å². The SMILES string of the molecule is COCCC(NC(=O)N1CCNC(=O)C1(C)C)C(=O)O. The van der Waals surface area contributed by atoms with Gasteiger partial charge < -0.3 is 25.4 Å². The van der Waals surface area contributed by atoms with Gasteiger partial charge in [0.1, 0.15) is 11.6 Å². The summed E-state index contributed by atoms with van der Waals surface area (Å²) in [6, 6.07) is -1.60. The van der Waals surface area contributed by atoms with Gasteiger partial charge in [-0.1, -0.05) is 0 Å². The first-order chi connectivity index (χ1) is 9.30. The number of carbonyl (C=O) groups excluding carboxylic acids is 2. The van der Waals surface area contributed by atoms with Crippen molar-refractivity contribution in [2.45, 2.75) is 31.8 Å². The average molecular weight is 287 g/mol. The Labute approximate surface area is 117 Å². The van der Waals surface area contributed by atoms with Crippen LogP contribution in [0.25, 0.3) is 0 Å². The Morgan fingerprint density at radius 2 is 2.20 bits per heavy atom. The van der Waals surface area contributed by atoms with E-state index >= 15 is 0 Å². The lowest BCUT2D eigenvalue weighted by Gasteiger charge is -2.41. The molecule has 1 aliphatic rings. The molecule has 0 bridgehead atoms. The molecule has 1 atom stereocenters. The van der Waals surface area contributed by atoms with Crippen molar-refractivity contribution in [3.8, 4) is 0 Å². The largest absolute Gasteiger partial charge is 0.480 e. The maximum atomic E-state index is 12.2. The highest BCUT2D eigenvalue weighted by atomic mass is 16.5. The van der Waals surface area contributed by atoms with Gasteiger partial charge in [0.25, 0.3) is 0 Å². The monoisotopic (exact) mass is 287 g/mol. The topological polar surface area (TPSA) is 108 Å². The zero-order chi connectivity index (χ0) is 15.3. The minimum atomic E-state index is -1.13. The zero-order valence-corrected chi connectivity index (χ0v) is 11.9. The Morgan fingerprint density at radius 1 is 1.55 bits per heavy atom. The van der Waals surface area contributed by atoms with E-state index < -0.39 is 23.6 Å². The molecule has 0 radical (unpaired) electrons. The number of carboxylic acids is 1. The number of ether oxygens (including phenoxy) is 1. The van der Waals surface area contributed by atoms with Crippen molar-refractivity contribution in [1.29, 1.82) is 0 Å². The number of piperazine rings is 1. The maximum absolute atomic E-state index is 12.2. The molecule has 0 saturated carbocycles. The quantitative estimate of drug-likeness (QED) is 0.625. The van der Waals surface area contributed by atoms with E-state index in [0.717, 1.165) is 0 Å². The van der Waals surface area contributed by atoms with Crippen molar-refractivity contribution in [2.24, 2.45) is 0 Å². The Bertz CT molecular complexity index is 397. The molecule has 114 valence electrons. The lowest BCUT2D eigenvalue weighted by atomic mass is 9.99. The van der Waals surface area contributed by atoms with Gasteiger partial charge in [0.05, 0.1) is 0 Å². The number of nitrogens with one attached hydrogen (secondary N) is 2. The van der Waals surface area contributed by atoms with Crippen molar-refractivity contribution in [3.63, 3.8) is 0 Å². The number of urea groups is 1. The molecule has 1 saturated heterocycles. The van der Waals surface area contributed by atoms with Crippen LogP contribution in [0.2, 0.25) is 0 Å². The van der Waals surface area contributed by atoms with Crippen LogP contribution in [0.15, 0.2) is 0 Å². The number of amides is 3. The van der Waals surface area contributed by atoms with Crippen molar-refractivity contribution in [2.75, 3.05) is 26.8 Å². The lowest BCUT2D eigenvalue weighted by Crippen LogP contribution is -2.66. The second-order valence-corrected chi connectivity index (χ2v) is 5.09. The van der Waals surface area contributed by atoms with Gasteiger partial charge in [-0.15, -0.1) is 0 Å². The first-order valence-electron chi connectivity index (χ1n) is 6.39. The molecule has 3 amide bonds. The normalized spacial score (nSPS) is 19.1. The number of carboxylic acid groups (broad SMARTS) is 1. The van der Waals surface area contributed by atoms with E-state index in [1.807, 2.05) is 0 Å². The number of rotatable bonds is 5. The van der Waals surface area contributed by atoms with Crippen molar-refractivity contribution in [1.82, 2.24) is 15.5 Å². The molecule has 0 spiro atoms. The van der Waals surface area contributed by atoms with Crippen molar-refractivity contribution >= 4 is 17.9 Å². The van der Waals surface area contributed by atoms with Crippen molar-refractivity contribution in [3.05, 3.63) is 0 Å². The molecule has 20 heavy (non-hydrogen) atoms. The summed E-state index contributed by atoms with van der Waals surface area (Å²) in [6.07, 6.45) is 0.165. The molecule has 3 N–H and O–H groups in total. The molecule has 1 heterocycles. The highest BCUT2D eigenvalue weighted by Gasteiger charge is 2.41. The van der Waals surface area contributed by atoms with Crippen molar-refractivity contribution < 1.29 is 24.2 Å². The Morgan fingerprint density at radius 3 is 2.75 bits per heavy atom. The Hall–Kier alpha value is -1.83. The average Bonchev–Trinajstić information content (AvgIpc) is 2.37. The van der Waals surface area contributed by atoms with Crippen LogP contribution in [0.3, 0.4) is 0 Å². The molecule has 0 aromatic carbocycles. The lowest BCUT2D eigenvalue weighted by molar-refractivity contribution is -0.139. The summed E-state index contributed by atoms with van der Waals surface area (Å²) >= 11 is 0. The molecule has 1 unspecified atom stereocenters. The highest BCUT2D eigenvalue weighted by Crippen LogP contribution is 2.17. The number of hydrogen-bond acceptors (Lipinski definition) is 4. The molecule has 1 aliphatic heterocycles. The molecule has 8 heteroatoms. The fraction of sp³-hybridized carbons (Fsp3) is 0.750. The highest BCUT2D eigenvalue weighted by molar-refractivity contribution is 5.92. The van der Waals surface area contributed by atoms with Gasteiger partial charge in [0, 0.05) is 33.2 Å². The van der Waals surface area contributed by atoms with Gasteiger partial charge in [0.2, 0.25) is 5.91 Å². The standard InChI is InChI=1S/C12H21N3O5/c1-12(2)10(18)13-5-6-15(12)11(19)14-8(9(16)17)4-7-20-3/h8H,4-7H2,1-3H3,(H,13,18)(H,14,19)(H,16,17). The van der Waals surface area contributed by atoms with Gasteiger partial charge in [-0.25, -0.2) is 9.59 Å². The Kier molecular flexibility index (Phi) is 5.32. The van der Waals surface area contributed by atoms with Crippen LogP contribution in [0.4, 0.5) is 4.79 Å². The summed E-state index contributed by atoms with van der Waals surface area (Å²) in [5, 5.41) is 14.2. The molecule has 1 rings (SSSR count). The molecular formula is C12H21N3O5. The van der Waals surface area contributed by atoms with Crippen LogP contribution in [0.1, 0.15) is 20.3 Å². The number of methoxy groups -OCH3 is 1. The van der Waals surface area contributed by atoms with E-state index in [1.165, 1.54) is 12.0 Å². The van der Waals surface area contributed by atoms with E-state index in [-0.39, 0.29) is 18.9 Å². The first-order valence-corrected chi connectivity index (χ1v) is 6.39. The van der Waals surface area contributed by atoms with Gasteiger partial charge in [-0.3, -0.25) is 4.79 Å². The second kappa shape index (κ2) is 6.56. The number of carbonyl (C=O) groups is 3. The summed E-state index contributed by atoms with van der Waals surface area (Å²) in [7, 11) is 1.46. The van der Waals surface area contributed by atoms with Crippen LogP contribution < -0.4 is 10.6 Å². The fourth-order valence-corrected chi connectivity index (χ4v) is 1.98. The second-order valence-electron chi connectivity index (χ2n) is 5.09. The maximum Gasteiger partial charge on any atom is 0.326 e. The van der Waals surface area contributed by atoms with Gasteiger partial charge in [-0.2, -0.15) is 0 Å². The summed E-state index contributed by atoms with van der Waals surface area (Å²) in [4.78, 5) is 36.3. The number of aliphatic carboxylic acids is 1. The Balaban J connectivity index is 2.72. The third kappa shape index (κ3) is 3.60. The fourth-order valence-electron chi connectivity index (χ4n) is 1.98. The summed E-state index contributed by atoms with van der Waals surface area (Å²) in [6.45, 7) is 4.14. The van der Waals surface area contributed by atoms with Crippen LogP contribution in [0.5, 0.6) is 0 Å². The molecule has 1 fully saturated rings. The number of nitrogens with zero attached hydrogens (tertiary/aromatic N) is 1. The molecule has 0 aliphatic carbocycles. The predicted octanol–water partition coefficient (Wildman–Crippen LogP) is -0.604. The van der Waals surface area contributed by atoms with Gasteiger partial charge in [-0.05, 0) is 13.8 Å². The van der Waals surface area contributed by atoms with Gasteiger partial charge in [0.15, 0.2) is 0 Å². The van der Waals surface area contributed by atoms with Gasteiger partial charge >= 0.3 is 12.0 Å². The van der Waals surface area contributed by atoms with Crippen LogP contribution in [-0.2, 0) is 14.3 Å². The zero-order valence-electron chi connectivity index (χ0n) is 11.9. The smallest absolute Gasteiger partial charge is 0.326 e. The number of hydrogen-bond donors (Lipinski definition) is 3. The summed E-state index contributed by atoms with van der Waals surface area (Å²) < 4.78 is 4.82. The molecule has 0 aromatic rings. The summed E-state index contributed by atoms with van der Waals surface area (Å²) in [5.41, 5.74) is -1.01. The minimum Gasteiger partial charge on any atom is -0.480 e. The molecule has 0 aromatic heterocycles. The van der Waals surface area contributed by atoms with E-state index in [0.29, 0.717) is 13.1 Å². The predicted molar refractivity (Wildman–Crippen MR) is 70.2 cm³/mol. The summed E-state index contributed by atoms with van der Waals surface area (Å²) in [5.74, 6) is -1.39. The van der Waals surface area contributed by atoms with E-state index in [4.69, 9.17) is 9.84 Å². The van der Waals surface area contributed by atoms with E-state index in [2.05, 4.69) is 10.6 Å². The van der Waals surface area contributed by atoms with E-state index in [1.54, 1.807) is 13.8 Å². The minimum absolute atomic E-state index is 0.165. The molecule has 8 nitrogen and oxygen atoms in total. The third-order valence-corrected chi connectivity index (χ3v) is 3.30. The van der Waals surface area contributed by atoms with Crippen LogP contribution in [-0.4, -0.2) is 66.3 Å². The molecular weight excluding hydrogens is 266 g/mol. The third-order valence-electron chi connectivity index (χ3n) is 3.30.